The Morgan fingerprint density at radius 2 is 2.12 bits per heavy atom. The van der Waals surface area contributed by atoms with Gasteiger partial charge in [0.2, 0.25) is 0 Å². The molecule has 0 amide bonds. The summed E-state index contributed by atoms with van der Waals surface area (Å²) in [5.41, 5.74) is 0. The highest BCUT2D eigenvalue weighted by Gasteiger charge is 2.26. The largest absolute Gasteiger partial charge is 0.386 e. The van der Waals surface area contributed by atoms with Crippen LogP contribution in [0, 0.1) is 0 Å². The molecule has 16 heavy (non-hydrogen) atoms. The topological polar surface area (TPSA) is 23.5 Å². The standard InChI is InChI=1S/C13H21NOS/c1-10-5-3-6-11(2)14(10)9-12(15)13-7-4-8-16-13/h4,7-8,10-12,15H,3,5-6,9H2,1-2H3. The molecule has 1 fully saturated rings. The minimum Gasteiger partial charge on any atom is -0.386 e. The summed E-state index contributed by atoms with van der Waals surface area (Å²) >= 11 is 1.65. The van der Waals surface area contributed by atoms with Crippen molar-refractivity contribution in [1.29, 1.82) is 0 Å². The first-order valence-electron chi connectivity index (χ1n) is 6.15. The highest BCUT2D eigenvalue weighted by Crippen LogP contribution is 2.27. The van der Waals surface area contributed by atoms with E-state index >= 15 is 0 Å². The van der Waals surface area contributed by atoms with Gasteiger partial charge >= 0.3 is 0 Å². The molecule has 1 saturated heterocycles. The lowest BCUT2D eigenvalue weighted by Crippen LogP contribution is -2.45. The van der Waals surface area contributed by atoms with Crippen LogP contribution in [0.15, 0.2) is 17.5 Å². The summed E-state index contributed by atoms with van der Waals surface area (Å²) in [5.74, 6) is 0. The highest BCUT2D eigenvalue weighted by atomic mass is 32.1. The Hall–Kier alpha value is -0.380. The average Bonchev–Trinajstić information content (AvgIpc) is 2.76. The third-order valence-corrected chi connectivity index (χ3v) is 4.61. The molecule has 1 aromatic rings. The summed E-state index contributed by atoms with van der Waals surface area (Å²) in [6, 6.07) is 5.25. The SMILES string of the molecule is CC1CCCC(C)N1CC(O)c1cccs1. The summed E-state index contributed by atoms with van der Waals surface area (Å²) in [6.07, 6.45) is 3.54. The molecule has 1 aromatic heterocycles. The molecule has 2 rings (SSSR count). The second kappa shape index (κ2) is 5.30. The number of β-amino-alcohol motifs (C(OH)–C–C–N with tert-alkyl or cyclic N) is 1. The van der Waals surface area contributed by atoms with E-state index in [1.807, 2.05) is 17.5 Å². The fourth-order valence-corrected chi connectivity index (χ4v) is 3.31. The van der Waals surface area contributed by atoms with E-state index < -0.39 is 0 Å². The quantitative estimate of drug-likeness (QED) is 0.876. The second-order valence-corrected chi connectivity index (χ2v) is 5.84. The van der Waals surface area contributed by atoms with Crippen molar-refractivity contribution in [2.24, 2.45) is 0 Å². The molecule has 2 nitrogen and oxygen atoms in total. The molecular weight excluding hydrogens is 218 g/mol. The molecule has 2 heterocycles. The summed E-state index contributed by atoms with van der Waals surface area (Å²) in [4.78, 5) is 3.54. The number of aliphatic hydroxyl groups excluding tert-OH is 1. The zero-order valence-corrected chi connectivity index (χ0v) is 10.9. The van der Waals surface area contributed by atoms with Gasteiger partial charge in [-0.25, -0.2) is 0 Å². The van der Waals surface area contributed by atoms with Gasteiger partial charge in [0.15, 0.2) is 0 Å². The molecule has 0 bridgehead atoms. The molecule has 1 aliphatic rings. The van der Waals surface area contributed by atoms with Gasteiger partial charge in [-0.3, -0.25) is 4.90 Å². The molecular formula is C13H21NOS. The molecule has 0 aromatic carbocycles. The predicted molar refractivity (Wildman–Crippen MR) is 68.8 cm³/mol. The van der Waals surface area contributed by atoms with Crippen LogP contribution in [0.4, 0.5) is 0 Å². The van der Waals surface area contributed by atoms with E-state index in [0.29, 0.717) is 12.1 Å². The normalized spacial score (nSPS) is 29.2. The van der Waals surface area contributed by atoms with Crippen LogP contribution in [-0.4, -0.2) is 28.6 Å². The maximum absolute atomic E-state index is 10.2. The summed E-state index contributed by atoms with van der Waals surface area (Å²) in [5, 5.41) is 12.2. The van der Waals surface area contributed by atoms with E-state index in [1.54, 1.807) is 11.3 Å². The monoisotopic (exact) mass is 239 g/mol. The second-order valence-electron chi connectivity index (χ2n) is 4.86. The number of piperidine rings is 1. The first kappa shape index (κ1) is 12.1. The van der Waals surface area contributed by atoms with E-state index in [0.717, 1.165) is 11.4 Å². The Morgan fingerprint density at radius 1 is 1.44 bits per heavy atom. The number of rotatable bonds is 3. The van der Waals surface area contributed by atoms with Crippen molar-refractivity contribution in [2.45, 2.75) is 51.3 Å². The Bertz CT molecular complexity index is 302. The smallest absolute Gasteiger partial charge is 0.101 e. The molecule has 1 aliphatic heterocycles. The van der Waals surface area contributed by atoms with Crippen molar-refractivity contribution in [1.82, 2.24) is 4.90 Å². The zero-order valence-electron chi connectivity index (χ0n) is 10.1. The summed E-state index contributed by atoms with van der Waals surface area (Å²) < 4.78 is 0. The van der Waals surface area contributed by atoms with Crippen LogP contribution < -0.4 is 0 Å². The zero-order chi connectivity index (χ0) is 11.5. The molecule has 0 radical (unpaired) electrons. The van der Waals surface area contributed by atoms with Crippen molar-refractivity contribution in [3.63, 3.8) is 0 Å². The molecule has 3 atom stereocenters. The third kappa shape index (κ3) is 2.65. The van der Waals surface area contributed by atoms with Gasteiger partial charge in [-0.2, -0.15) is 0 Å². The van der Waals surface area contributed by atoms with E-state index in [2.05, 4.69) is 18.7 Å². The van der Waals surface area contributed by atoms with Crippen molar-refractivity contribution >= 4 is 11.3 Å². The lowest BCUT2D eigenvalue weighted by molar-refractivity contribution is 0.0425. The van der Waals surface area contributed by atoms with E-state index in [4.69, 9.17) is 0 Å². The predicted octanol–water partition coefficient (Wildman–Crippen LogP) is 3.04. The van der Waals surface area contributed by atoms with E-state index in [-0.39, 0.29) is 6.10 Å². The van der Waals surface area contributed by atoms with Crippen molar-refractivity contribution in [3.8, 4) is 0 Å². The molecule has 90 valence electrons. The van der Waals surface area contributed by atoms with Gasteiger partial charge < -0.3 is 5.11 Å². The van der Waals surface area contributed by atoms with Crippen LogP contribution in [-0.2, 0) is 0 Å². The molecule has 3 heteroatoms. The number of nitrogens with zero attached hydrogens (tertiary/aromatic N) is 1. The summed E-state index contributed by atoms with van der Waals surface area (Å²) in [6.45, 7) is 5.33. The van der Waals surface area contributed by atoms with Gasteiger partial charge in [0.1, 0.15) is 6.10 Å². The first-order valence-corrected chi connectivity index (χ1v) is 7.03. The lowest BCUT2D eigenvalue weighted by atomic mass is 9.97. The molecule has 0 spiro atoms. The number of hydrogen-bond donors (Lipinski definition) is 1. The van der Waals surface area contributed by atoms with E-state index in [9.17, 15) is 5.11 Å². The Labute approximate surface area is 102 Å². The third-order valence-electron chi connectivity index (χ3n) is 3.63. The molecule has 1 N–H and O–H groups in total. The fourth-order valence-electron chi connectivity index (χ4n) is 2.61. The maximum atomic E-state index is 10.2. The molecule has 0 aliphatic carbocycles. The highest BCUT2D eigenvalue weighted by molar-refractivity contribution is 7.10. The fraction of sp³-hybridized carbons (Fsp3) is 0.692. The van der Waals surface area contributed by atoms with Crippen LogP contribution >= 0.6 is 11.3 Å². The number of thiophene rings is 1. The molecule has 0 saturated carbocycles. The van der Waals surface area contributed by atoms with Crippen molar-refractivity contribution < 1.29 is 5.11 Å². The van der Waals surface area contributed by atoms with Gasteiger partial charge in [0.25, 0.3) is 0 Å². The lowest BCUT2D eigenvalue weighted by Gasteiger charge is -2.39. The van der Waals surface area contributed by atoms with Crippen LogP contribution in [0.1, 0.15) is 44.1 Å². The van der Waals surface area contributed by atoms with Crippen LogP contribution in [0.3, 0.4) is 0 Å². The van der Waals surface area contributed by atoms with Crippen LogP contribution in [0.5, 0.6) is 0 Å². The van der Waals surface area contributed by atoms with Crippen molar-refractivity contribution in [3.05, 3.63) is 22.4 Å². The van der Waals surface area contributed by atoms with E-state index in [1.165, 1.54) is 19.3 Å². The maximum Gasteiger partial charge on any atom is 0.101 e. The van der Waals surface area contributed by atoms with Crippen molar-refractivity contribution in [2.75, 3.05) is 6.54 Å². The van der Waals surface area contributed by atoms with Gasteiger partial charge in [-0.15, -0.1) is 11.3 Å². The van der Waals surface area contributed by atoms with Gasteiger partial charge in [-0.1, -0.05) is 12.5 Å². The Balaban J connectivity index is 1.97. The summed E-state index contributed by atoms with van der Waals surface area (Å²) in [7, 11) is 0. The Kier molecular flexibility index (Phi) is 4.00. The number of hydrogen-bond acceptors (Lipinski definition) is 3. The van der Waals surface area contributed by atoms with Gasteiger partial charge in [0.05, 0.1) is 0 Å². The first-order chi connectivity index (χ1) is 7.68. The molecule has 3 unspecified atom stereocenters. The number of aliphatic hydroxyl groups is 1. The average molecular weight is 239 g/mol. The van der Waals surface area contributed by atoms with Gasteiger partial charge in [-0.05, 0) is 38.1 Å². The Morgan fingerprint density at radius 3 is 2.69 bits per heavy atom. The van der Waals surface area contributed by atoms with Gasteiger partial charge in [0, 0.05) is 23.5 Å². The van der Waals surface area contributed by atoms with Crippen LogP contribution in [0.2, 0.25) is 0 Å². The minimum atomic E-state index is -0.317. The van der Waals surface area contributed by atoms with Crippen LogP contribution in [0.25, 0.3) is 0 Å². The minimum absolute atomic E-state index is 0.317. The number of likely N-dealkylation sites (tertiary alicyclic amines) is 1.